The van der Waals surface area contributed by atoms with Crippen LogP contribution in [0.25, 0.3) is 0 Å². The van der Waals surface area contributed by atoms with E-state index in [1.165, 1.54) is 23.5 Å². The second-order valence-corrected chi connectivity index (χ2v) is 7.41. The molecule has 1 N–H and O–H groups in total. The Labute approximate surface area is 161 Å². The van der Waals surface area contributed by atoms with Gasteiger partial charge in [0, 0.05) is 15.1 Å². The van der Waals surface area contributed by atoms with E-state index in [2.05, 4.69) is 21.2 Å². The number of anilines is 1. The van der Waals surface area contributed by atoms with Crippen molar-refractivity contribution >= 4 is 50.5 Å². The largest absolute Gasteiger partial charge is 0.489 e. The molecule has 1 aromatic heterocycles. The molecule has 0 spiro atoms. The minimum atomic E-state index is -0.496. The third-order valence-electron chi connectivity index (χ3n) is 3.26. The van der Waals surface area contributed by atoms with Crippen LogP contribution < -0.4 is 10.1 Å². The second kappa shape index (κ2) is 7.99. The summed E-state index contributed by atoms with van der Waals surface area (Å²) in [7, 11) is 0. The van der Waals surface area contributed by atoms with Crippen LogP contribution in [0.3, 0.4) is 0 Å². The van der Waals surface area contributed by atoms with E-state index in [9.17, 15) is 9.18 Å². The van der Waals surface area contributed by atoms with E-state index in [4.69, 9.17) is 16.3 Å². The zero-order valence-electron chi connectivity index (χ0n) is 12.8. The van der Waals surface area contributed by atoms with Crippen LogP contribution in [0.2, 0.25) is 5.02 Å². The summed E-state index contributed by atoms with van der Waals surface area (Å²) in [6, 6.07) is 13.3. The van der Waals surface area contributed by atoms with Crippen molar-refractivity contribution in [3.63, 3.8) is 0 Å². The van der Waals surface area contributed by atoms with Crippen LogP contribution in [0, 0.1) is 5.82 Å². The number of benzene rings is 2. The monoisotopic (exact) mass is 439 g/mol. The SMILES string of the molecule is O=C(Nc1ccc(Br)cc1F)c1cc(COc2cccc(Cl)c2)cs1. The zero-order valence-corrected chi connectivity index (χ0v) is 15.9. The number of ether oxygens (including phenoxy) is 1. The fourth-order valence-electron chi connectivity index (χ4n) is 2.07. The molecule has 0 aliphatic carbocycles. The minimum absolute atomic E-state index is 0.137. The molecule has 0 saturated carbocycles. The first-order valence-corrected chi connectivity index (χ1v) is 9.28. The molecule has 7 heteroatoms. The molecule has 0 unspecified atom stereocenters. The van der Waals surface area contributed by atoms with Crippen molar-refractivity contribution in [3.05, 3.63) is 79.7 Å². The molecule has 25 heavy (non-hydrogen) atoms. The number of nitrogens with one attached hydrogen (secondary N) is 1. The number of thiophene rings is 1. The number of carbonyl (C=O) groups is 1. The van der Waals surface area contributed by atoms with E-state index >= 15 is 0 Å². The lowest BCUT2D eigenvalue weighted by Crippen LogP contribution is -2.11. The minimum Gasteiger partial charge on any atom is -0.489 e. The van der Waals surface area contributed by atoms with E-state index in [0.717, 1.165) is 5.56 Å². The highest BCUT2D eigenvalue weighted by Crippen LogP contribution is 2.23. The summed E-state index contributed by atoms with van der Waals surface area (Å²) in [5.41, 5.74) is 0.990. The van der Waals surface area contributed by atoms with Crippen LogP contribution in [0.15, 0.2) is 58.4 Å². The molecular weight excluding hydrogens is 429 g/mol. The molecule has 1 heterocycles. The van der Waals surface area contributed by atoms with Gasteiger partial charge < -0.3 is 10.1 Å². The van der Waals surface area contributed by atoms with Gasteiger partial charge in [-0.15, -0.1) is 11.3 Å². The summed E-state index contributed by atoms with van der Waals surface area (Å²) in [6.07, 6.45) is 0. The highest BCUT2D eigenvalue weighted by atomic mass is 79.9. The van der Waals surface area contributed by atoms with Gasteiger partial charge in [0.25, 0.3) is 5.91 Å². The van der Waals surface area contributed by atoms with Crippen molar-refractivity contribution in [2.45, 2.75) is 6.61 Å². The Balaban J connectivity index is 1.63. The van der Waals surface area contributed by atoms with E-state index in [0.29, 0.717) is 26.7 Å². The lowest BCUT2D eigenvalue weighted by atomic mass is 10.3. The predicted octanol–water partition coefficient (Wildman–Crippen LogP) is 6.13. The number of rotatable bonds is 5. The summed E-state index contributed by atoms with van der Waals surface area (Å²) >= 11 is 10.4. The Morgan fingerprint density at radius 2 is 2.08 bits per heavy atom. The number of carbonyl (C=O) groups excluding carboxylic acids is 1. The highest BCUT2D eigenvalue weighted by Gasteiger charge is 2.12. The topological polar surface area (TPSA) is 38.3 Å². The van der Waals surface area contributed by atoms with Gasteiger partial charge in [-0.3, -0.25) is 4.79 Å². The van der Waals surface area contributed by atoms with Crippen LogP contribution >= 0.6 is 38.9 Å². The van der Waals surface area contributed by atoms with Crippen LogP contribution in [-0.4, -0.2) is 5.91 Å². The molecule has 0 aliphatic rings. The Morgan fingerprint density at radius 1 is 1.24 bits per heavy atom. The van der Waals surface area contributed by atoms with Gasteiger partial charge in [-0.1, -0.05) is 33.6 Å². The summed E-state index contributed by atoms with van der Waals surface area (Å²) in [4.78, 5) is 12.7. The quantitative estimate of drug-likeness (QED) is 0.518. The number of hydrogen-bond donors (Lipinski definition) is 1. The van der Waals surface area contributed by atoms with Crippen LogP contribution in [0.4, 0.5) is 10.1 Å². The van der Waals surface area contributed by atoms with Gasteiger partial charge in [-0.25, -0.2) is 4.39 Å². The number of hydrogen-bond acceptors (Lipinski definition) is 3. The maximum absolute atomic E-state index is 13.8. The summed E-state index contributed by atoms with van der Waals surface area (Å²) in [5, 5.41) is 4.99. The Morgan fingerprint density at radius 3 is 2.84 bits per heavy atom. The first-order valence-electron chi connectivity index (χ1n) is 7.23. The van der Waals surface area contributed by atoms with E-state index in [1.807, 2.05) is 11.4 Å². The van der Waals surface area contributed by atoms with Gasteiger partial charge in [0.1, 0.15) is 18.2 Å². The molecule has 0 saturated heterocycles. The molecule has 0 bridgehead atoms. The number of amides is 1. The average Bonchev–Trinajstić information content (AvgIpc) is 3.05. The normalized spacial score (nSPS) is 10.5. The van der Waals surface area contributed by atoms with Gasteiger partial charge >= 0.3 is 0 Å². The molecule has 3 rings (SSSR count). The van der Waals surface area contributed by atoms with Crippen molar-refractivity contribution in [2.75, 3.05) is 5.32 Å². The van der Waals surface area contributed by atoms with E-state index in [-0.39, 0.29) is 11.6 Å². The smallest absolute Gasteiger partial charge is 0.265 e. The Kier molecular flexibility index (Phi) is 5.73. The van der Waals surface area contributed by atoms with Gasteiger partial charge in [0.15, 0.2) is 0 Å². The zero-order chi connectivity index (χ0) is 17.8. The standard InChI is InChI=1S/C18H12BrClFNO2S/c19-12-4-5-16(15(21)7-12)22-18(23)17-6-11(10-25-17)9-24-14-3-1-2-13(20)8-14/h1-8,10H,9H2,(H,22,23). The third kappa shape index (κ3) is 4.81. The van der Waals surface area contributed by atoms with E-state index < -0.39 is 5.82 Å². The maximum atomic E-state index is 13.8. The lowest BCUT2D eigenvalue weighted by Gasteiger charge is -2.05. The molecule has 3 nitrogen and oxygen atoms in total. The predicted molar refractivity (Wildman–Crippen MR) is 102 cm³/mol. The first kappa shape index (κ1) is 17.9. The average molecular weight is 441 g/mol. The van der Waals surface area contributed by atoms with Crippen molar-refractivity contribution in [3.8, 4) is 5.75 Å². The molecule has 0 atom stereocenters. The third-order valence-corrected chi connectivity index (χ3v) is 4.96. The van der Waals surface area contributed by atoms with Crippen LogP contribution in [0.5, 0.6) is 5.75 Å². The van der Waals surface area contributed by atoms with E-state index in [1.54, 1.807) is 30.3 Å². The van der Waals surface area contributed by atoms with Gasteiger partial charge in [-0.2, -0.15) is 0 Å². The fraction of sp³-hybridized carbons (Fsp3) is 0.0556. The fourth-order valence-corrected chi connectivity index (χ4v) is 3.37. The van der Waals surface area contributed by atoms with Gasteiger partial charge in [0.05, 0.1) is 10.6 Å². The number of halogens is 3. The molecule has 128 valence electrons. The molecule has 0 radical (unpaired) electrons. The molecular formula is C18H12BrClFNO2S. The first-order chi connectivity index (χ1) is 12.0. The summed E-state index contributed by atoms with van der Waals surface area (Å²) in [6.45, 7) is 0.316. The summed E-state index contributed by atoms with van der Waals surface area (Å²) < 4.78 is 20.1. The van der Waals surface area contributed by atoms with Crippen LogP contribution in [-0.2, 0) is 6.61 Å². The molecule has 0 aliphatic heterocycles. The second-order valence-electron chi connectivity index (χ2n) is 5.14. The van der Waals surface area contributed by atoms with Crippen molar-refractivity contribution in [2.24, 2.45) is 0 Å². The van der Waals surface area contributed by atoms with Crippen molar-refractivity contribution in [1.82, 2.24) is 0 Å². The van der Waals surface area contributed by atoms with Crippen LogP contribution in [0.1, 0.15) is 15.2 Å². The Bertz CT molecular complexity index is 916. The molecule has 3 aromatic rings. The molecule has 2 aromatic carbocycles. The lowest BCUT2D eigenvalue weighted by molar-refractivity contribution is 0.103. The Hall–Kier alpha value is -1.89. The molecule has 1 amide bonds. The van der Waals surface area contributed by atoms with Crippen molar-refractivity contribution < 1.29 is 13.9 Å². The highest BCUT2D eigenvalue weighted by molar-refractivity contribution is 9.10. The molecule has 0 fully saturated rings. The summed E-state index contributed by atoms with van der Waals surface area (Å²) in [5.74, 6) is -0.203. The maximum Gasteiger partial charge on any atom is 0.265 e. The van der Waals surface area contributed by atoms with Gasteiger partial charge in [-0.05, 0) is 47.8 Å². The van der Waals surface area contributed by atoms with Gasteiger partial charge in [0.2, 0.25) is 0 Å². The van der Waals surface area contributed by atoms with Crippen molar-refractivity contribution in [1.29, 1.82) is 0 Å².